The first-order chi connectivity index (χ1) is 10.1. The Bertz CT molecular complexity index is 659. The van der Waals surface area contributed by atoms with Gasteiger partial charge in [0.25, 0.3) is 0 Å². The van der Waals surface area contributed by atoms with E-state index in [2.05, 4.69) is 26.2 Å². The van der Waals surface area contributed by atoms with Crippen LogP contribution >= 0.6 is 15.9 Å². The number of ether oxygens (including phenoxy) is 1. The van der Waals surface area contributed by atoms with Crippen molar-refractivity contribution in [1.29, 1.82) is 0 Å². The van der Waals surface area contributed by atoms with E-state index in [-0.39, 0.29) is 5.82 Å². The second kappa shape index (κ2) is 6.12. The smallest absolute Gasteiger partial charge is 0.222 e. The third-order valence-corrected chi connectivity index (χ3v) is 4.01. The van der Waals surface area contributed by atoms with Crippen LogP contribution in [0, 0.1) is 12.7 Å². The molecule has 1 aliphatic rings. The zero-order valence-corrected chi connectivity index (χ0v) is 13.3. The number of nitrogens with zero attached hydrogens (tertiary/aromatic N) is 1. The van der Waals surface area contributed by atoms with Crippen LogP contribution in [0.15, 0.2) is 34.9 Å². The van der Waals surface area contributed by atoms with Gasteiger partial charge in [0.1, 0.15) is 11.6 Å². The van der Waals surface area contributed by atoms with Crippen molar-refractivity contribution in [3.8, 4) is 11.6 Å². The molecule has 110 valence electrons. The van der Waals surface area contributed by atoms with Crippen LogP contribution in [0.4, 0.5) is 4.39 Å². The summed E-state index contributed by atoms with van der Waals surface area (Å²) in [5.74, 6) is 0.585. The Morgan fingerprint density at radius 2 is 2.19 bits per heavy atom. The van der Waals surface area contributed by atoms with E-state index >= 15 is 0 Å². The van der Waals surface area contributed by atoms with Gasteiger partial charge in [-0.3, -0.25) is 0 Å². The molecule has 1 aromatic heterocycles. The highest BCUT2D eigenvalue weighted by Gasteiger charge is 2.20. The van der Waals surface area contributed by atoms with Crippen LogP contribution in [-0.4, -0.2) is 11.0 Å². The summed E-state index contributed by atoms with van der Waals surface area (Å²) in [7, 11) is 0. The Labute approximate surface area is 131 Å². The fraction of sp³-hybridized carbons (Fsp3) is 0.312. The number of hydrogen-bond donors (Lipinski definition) is 1. The molecule has 3 rings (SSSR count). The summed E-state index contributed by atoms with van der Waals surface area (Å²) >= 11 is 3.35. The molecule has 0 radical (unpaired) electrons. The van der Waals surface area contributed by atoms with Crippen LogP contribution in [0.5, 0.6) is 11.6 Å². The van der Waals surface area contributed by atoms with Crippen LogP contribution in [-0.2, 0) is 6.54 Å². The Morgan fingerprint density at radius 3 is 2.90 bits per heavy atom. The van der Waals surface area contributed by atoms with Gasteiger partial charge < -0.3 is 10.1 Å². The minimum absolute atomic E-state index is 0.337. The Hall–Kier alpha value is -1.46. The van der Waals surface area contributed by atoms with Crippen LogP contribution in [0.1, 0.15) is 24.0 Å². The number of nitrogens with one attached hydrogen (secondary N) is 1. The summed E-state index contributed by atoms with van der Waals surface area (Å²) in [5.41, 5.74) is 2.06. The summed E-state index contributed by atoms with van der Waals surface area (Å²) in [6.45, 7) is 2.76. The van der Waals surface area contributed by atoms with Crippen molar-refractivity contribution in [1.82, 2.24) is 10.3 Å². The largest absolute Gasteiger partial charge is 0.437 e. The first kappa shape index (κ1) is 14.5. The van der Waals surface area contributed by atoms with Crippen LogP contribution in [0.25, 0.3) is 0 Å². The number of aromatic nitrogens is 1. The standard InChI is InChI=1S/C16H16BrFN2O/c1-10-6-11(8-19-13-3-4-13)9-20-16(10)21-15-7-12(18)2-5-14(15)17/h2,5-7,9,13,19H,3-4,8H2,1H3. The number of benzene rings is 1. The zero-order chi connectivity index (χ0) is 14.8. The van der Waals surface area contributed by atoms with E-state index in [9.17, 15) is 4.39 Å². The van der Waals surface area contributed by atoms with Crippen molar-refractivity contribution in [2.45, 2.75) is 32.4 Å². The molecule has 0 unspecified atom stereocenters. The van der Waals surface area contributed by atoms with Crippen molar-refractivity contribution in [3.05, 3.63) is 51.9 Å². The van der Waals surface area contributed by atoms with Crippen LogP contribution in [0.3, 0.4) is 0 Å². The van der Waals surface area contributed by atoms with E-state index in [1.165, 1.54) is 25.0 Å². The highest BCUT2D eigenvalue weighted by molar-refractivity contribution is 9.10. The number of aryl methyl sites for hydroxylation is 1. The van der Waals surface area contributed by atoms with Gasteiger partial charge in [0.15, 0.2) is 0 Å². The number of halogens is 2. The third kappa shape index (κ3) is 3.80. The number of pyridine rings is 1. The predicted octanol–water partition coefficient (Wildman–Crippen LogP) is 4.34. The lowest BCUT2D eigenvalue weighted by Crippen LogP contribution is -2.15. The van der Waals surface area contributed by atoms with Crippen molar-refractivity contribution < 1.29 is 9.13 Å². The van der Waals surface area contributed by atoms with Crippen molar-refractivity contribution in [2.24, 2.45) is 0 Å². The molecule has 3 nitrogen and oxygen atoms in total. The molecule has 1 aliphatic carbocycles. The van der Waals surface area contributed by atoms with Gasteiger partial charge in [0, 0.05) is 30.4 Å². The fourth-order valence-electron chi connectivity index (χ4n) is 2.03. The highest BCUT2D eigenvalue weighted by atomic mass is 79.9. The van der Waals surface area contributed by atoms with E-state index in [1.54, 1.807) is 12.3 Å². The second-order valence-corrected chi connectivity index (χ2v) is 6.15. The second-order valence-electron chi connectivity index (χ2n) is 5.30. The zero-order valence-electron chi connectivity index (χ0n) is 11.7. The maximum Gasteiger partial charge on any atom is 0.222 e. The lowest BCUT2D eigenvalue weighted by Gasteiger charge is -2.11. The molecule has 1 N–H and O–H groups in total. The average molecular weight is 351 g/mol. The Balaban J connectivity index is 1.74. The number of rotatable bonds is 5. The van der Waals surface area contributed by atoms with E-state index in [0.29, 0.717) is 22.1 Å². The minimum atomic E-state index is -0.337. The van der Waals surface area contributed by atoms with Gasteiger partial charge >= 0.3 is 0 Å². The maximum absolute atomic E-state index is 13.3. The quantitative estimate of drug-likeness (QED) is 0.870. The molecule has 1 aromatic carbocycles. The maximum atomic E-state index is 13.3. The molecule has 1 fully saturated rings. The molecule has 2 aromatic rings. The molecular weight excluding hydrogens is 335 g/mol. The molecule has 5 heteroatoms. The van der Waals surface area contributed by atoms with Gasteiger partial charge in [-0.25, -0.2) is 9.37 Å². The summed E-state index contributed by atoms with van der Waals surface area (Å²) in [6.07, 6.45) is 4.33. The number of hydrogen-bond acceptors (Lipinski definition) is 3. The van der Waals surface area contributed by atoms with E-state index < -0.39 is 0 Å². The van der Waals surface area contributed by atoms with Crippen LogP contribution < -0.4 is 10.1 Å². The molecule has 0 amide bonds. The summed E-state index contributed by atoms with van der Waals surface area (Å²) in [4.78, 5) is 4.34. The molecule has 0 atom stereocenters. The van der Waals surface area contributed by atoms with E-state index in [4.69, 9.17) is 4.74 Å². The van der Waals surface area contributed by atoms with Crippen molar-refractivity contribution in [3.63, 3.8) is 0 Å². The minimum Gasteiger partial charge on any atom is -0.437 e. The molecule has 0 aliphatic heterocycles. The van der Waals surface area contributed by atoms with Gasteiger partial charge in [-0.15, -0.1) is 0 Å². The molecule has 0 spiro atoms. The van der Waals surface area contributed by atoms with Crippen molar-refractivity contribution >= 4 is 15.9 Å². The molecule has 21 heavy (non-hydrogen) atoms. The van der Waals surface area contributed by atoms with E-state index in [1.807, 2.05) is 13.0 Å². The molecule has 1 heterocycles. The van der Waals surface area contributed by atoms with Gasteiger partial charge in [0.05, 0.1) is 4.47 Å². The normalized spacial score (nSPS) is 14.2. The lowest BCUT2D eigenvalue weighted by atomic mass is 10.2. The Kier molecular flexibility index (Phi) is 4.22. The average Bonchev–Trinajstić information content (AvgIpc) is 3.27. The topological polar surface area (TPSA) is 34.2 Å². The Morgan fingerprint density at radius 1 is 1.38 bits per heavy atom. The molecular formula is C16H16BrFN2O. The molecule has 0 bridgehead atoms. The van der Waals surface area contributed by atoms with E-state index in [0.717, 1.165) is 17.7 Å². The monoisotopic (exact) mass is 350 g/mol. The molecule has 1 saturated carbocycles. The van der Waals surface area contributed by atoms with Crippen LogP contribution in [0.2, 0.25) is 0 Å². The van der Waals surface area contributed by atoms with Gasteiger partial charge in [-0.05, 0) is 59.5 Å². The SMILES string of the molecule is Cc1cc(CNC2CC2)cnc1Oc1cc(F)ccc1Br. The van der Waals surface area contributed by atoms with Gasteiger partial charge in [-0.1, -0.05) is 0 Å². The fourth-order valence-corrected chi connectivity index (χ4v) is 2.36. The lowest BCUT2D eigenvalue weighted by molar-refractivity contribution is 0.450. The van der Waals surface area contributed by atoms with Gasteiger partial charge in [-0.2, -0.15) is 0 Å². The summed E-state index contributed by atoms with van der Waals surface area (Å²) in [6, 6.07) is 7.06. The van der Waals surface area contributed by atoms with Gasteiger partial charge in [0.2, 0.25) is 5.88 Å². The first-order valence-corrected chi connectivity index (χ1v) is 7.73. The predicted molar refractivity (Wildman–Crippen MR) is 83.0 cm³/mol. The summed E-state index contributed by atoms with van der Waals surface area (Å²) < 4.78 is 19.7. The third-order valence-electron chi connectivity index (χ3n) is 3.36. The van der Waals surface area contributed by atoms with Crippen molar-refractivity contribution in [2.75, 3.05) is 0 Å². The highest BCUT2D eigenvalue weighted by Crippen LogP contribution is 2.31. The summed E-state index contributed by atoms with van der Waals surface area (Å²) in [5, 5.41) is 3.45. The first-order valence-electron chi connectivity index (χ1n) is 6.93. The molecule has 0 saturated heterocycles.